The Bertz CT molecular complexity index is 925. The van der Waals surface area contributed by atoms with Gasteiger partial charge in [0.25, 0.3) is 5.79 Å². The van der Waals surface area contributed by atoms with Crippen molar-refractivity contribution in [2.24, 2.45) is 23.7 Å². The van der Waals surface area contributed by atoms with E-state index < -0.39 is 43.1 Å². The van der Waals surface area contributed by atoms with Gasteiger partial charge < -0.3 is 34.6 Å². The van der Waals surface area contributed by atoms with Gasteiger partial charge in [-0.3, -0.25) is 0 Å². The number of benzene rings is 1. The van der Waals surface area contributed by atoms with Crippen LogP contribution in [0.2, 0.25) is 0 Å². The molecule has 12 atom stereocenters. The zero-order chi connectivity index (χ0) is 24.5. The summed E-state index contributed by atoms with van der Waals surface area (Å²) in [5, 5.41) is 39.9. The van der Waals surface area contributed by atoms with Crippen molar-refractivity contribution in [2.45, 2.75) is 79.6 Å². The molecular weight excluding hydrogens is 480 g/mol. The predicted octanol–water partition coefficient (Wildman–Crippen LogP) is 1.43. The van der Waals surface area contributed by atoms with Gasteiger partial charge in [-0.25, -0.2) is 4.89 Å². The average molecular weight is 513 g/mol. The number of rotatable bonds is 6. The van der Waals surface area contributed by atoms with E-state index in [0.717, 1.165) is 32.1 Å². The zero-order valence-electron chi connectivity index (χ0n) is 19.5. The van der Waals surface area contributed by atoms with Gasteiger partial charge in [0.05, 0.1) is 6.61 Å². The van der Waals surface area contributed by atoms with Crippen LogP contribution in [0, 0.1) is 23.7 Å². The standard InChI is InChI=1S/C25H33ClO9/c1-31-25(22(34-35-25)18-13-5-12-6-14(18)10-24(26,8-12)9-13)15-3-2-4-16(7-15)32-23-21(30)20(29)19(28)17(11-27)33-23/h2-4,7,12-14,17-23,27-30H,5-6,8-11H2,1H3/t12?,13-,14+,17-,18?,19+,20+,21-,22?,23-,24?,25?/m1/s1. The summed E-state index contributed by atoms with van der Waals surface area (Å²) >= 11 is 6.95. The van der Waals surface area contributed by atoms with Crippen molar-refractivity contribution in [2.75, 3.05) is 13.7 Å². The second kappa shape index (κ2) is 8.79. The van der Waals surface area contributed by atoms with Crippen molar-refractivity contribution in [1.29, 1.82) is 0 Å². The monoisotopic (exact) mass is 512 g/mol. The fourth-order valence-corrected chi connectivity index (χ4v) is 8.15. The molecule has 4 saturated carbocycles. The molecule has 6 aliphatic rings. The van der Waals surface area contributed by atoms with Crippen LogP contribution in [-0.4, -0.2) is 75.8 Å². The van der Waals surface area contributed by atoms with Crippen LogP contribution < -0.4 is 4.74 Å². The van der Waals surface area contributed by atoms with Crippen LogP contribution in [0.1, 0.15) is 37.7 Å². The molecule has 5 unspecified atom stereocenters. The SMILES string of the molecule is COC1(c2cccc(O[C@@H]3O[C@H](CO)[C@H](O)[C@H](O)[C@H]3O)c2)OOC1C1[C@@H]2CC3C[C@H]1CC(Cl)(C3)C2. The third-order valence-electron chi connectivity index (χ3n) is 8.91. The van der Waals surface area contributed by atoms with Crippen LogP contribution in [0.15, 0.2) is 24.3 Å². The molecule has 10 heteroatoms. The summed E-state index contributed by atoms with van der Waals surface area (Å²) in [6.07, 6.45) is -1.67. The topological polar surface area (TPSA) is 127 Å². The van der Waals surface area contributed by atoms with E-state index in [1.807, 2.05) is 6.07 Å². The largest absolute Gasteiger partial charge is 0.462 e. The fourth-order valence-electron chi connectivity index (χ4n) is 7.53. The highest BCUT2D eigenvalue weighted by atomic mass is 35.5. The van der Waals surface area contributed by atoms with E-state index in [4.69, 9.17) is 35.6 Å². The number of aliphatic hydroxyl groups is 4. The number of hydrogen-bond acceptors (Lipinski definition) is 9. The van der Waals surface area contributed by atoms with Crippen molar-refractivity contribution in [3.05, 3.63) is 29.8 Å². The molecule has 1 aromatic rings. The Balaban J connectivity index is 1.23. The molecule has 4 bridgehead atoms. The molecule has 6 fully saturated rings. The van der Waals surface area contributed by atoms with E-state index in [-0.39, 0.29) is 16.9 Å². The summed E-state index contributed by atoms with van der Waals surface area (Å²) in [5.41, 5.74) is 0.702. The van der Waals surface area contributed by atoms with E-state index >= 15 is 0 Å². The first kappa shape index (κ1) is 24.3. The van der Waals surface area contributed by atoms with E-state index in [2.05, 4.69) is 0 Å². The molecular formula is C25H33ClO9. The normalized spacial score (nSPS) is 50.7. The fraction of sp³-hybridized carbons (Fsp3) is 0.760. The second-order valence-electron chi connectivity index (χ2n) is 11.0. The molecule has 1 aromatic carbocycles. The van der Waals surface area contributed by atoms with Crippen molar-refractivity contribution in [1.82, 2.24) is 0 Å². The molecule has 9 nitrogen and oxygen atoms in total. The van der Waals surface area contributed by atoms with Crippen molar-refractivity contribution < 1.29 is 44.4 Å². The van der Waals surface area contributed by atoms with Crippen molar-refractivity contribution in [3.8, 4) is 5.75 Å². The van der Waals surface area contributed by atoms with Gasteiger partial charge in [-0.1, -0.05) is 12.1 Å². The van der Waals surface area contributed by atoms with Gasteiger partial charge in [0, 0.05) is 17.5 Å². The minimum Gasteiger partial charge on any atom is -0.462 e. The molecule has 0 aromatic heterocycles. The summed E-state index contributed by atoms with van der Waals surface area (Å²) < 4.78 is 17.3. The molecule has 0 spiro atoms. The van der Waals surface area contributed by atoms with Crippen LogP contribution in [0.4, 0.5) is 0 Å². The highest BCUT2D eigenvalue weighted by molar-refractivity contribution is 6.24. The summed E-state index contributed by atoms with van der Waals surface area (Å²) in [7, 11) is 1.60. The minimum atomic E-state index is -1.52. The molecule has 7 rings (SSSR count). The van der Waals surface area contributed by atoms with Crippen molar-refractivity contribution in [3.63, 3.8) is 0 Å². The highest BCUT2D eigenvalue weighted by Crippen LogP contribution is 2.64. The van der Waals surface area contributed by atoms with Gasteiger partial charge in [-0.2, -0.15) is 4.89 Å². The quantitative estimate of drug-likeness (QED) is 0.330. The molecule has 4 N–H and O–H groups in total. The lowest BCUT2D eigenvalue weighted by molar-refractivity contribution is -0.591. The summed E-state index contributed by atoms with van der Waals surface area (Å²) in [6.45, 7) is -0.529. The minimum absolute atomic E-state index is 0.0769. The summed E-state index contributed by atoms with van der Waals surface area (Å²) in [5.74, 6) is 1.15. The van der Waals surface area contributed by atoms with Crippen LogP contribution in [0.5, 0.6) is 5.75 Å². The van der Waals surface area contributed by atoms with Crippen LogP contribution in [0.3, 0.4) is 0 Å². The molecule has 35 heavy (non-hydrogen) atoms. The lowest BCUT2D eigenvalue weighted by Crippen LogP contribution is -2.65. The maximum Gasteiger partial charge on any atom is 0.257 e. The second-order valence-corrected chi connectivity index (χ2v) is 11.8. The Kier molecular flexibility index (Phi) is 6.11. The predicted molar refractivity (Wildman–Crippen MR) is 121 cm³/mol. The first-order valence-corrected chi connectivity index (χ1v) is 12.8. The summed E-state index contributed by atoms with van der Waals surface area (Å²) in [6, 6.07) is 7.07. The van der Waals surface area contributed by atoms with Crippen molar-refractivity contribution >= 4 is 11.6 Å². The Morgan fingerprint density at radius 3 is 2.40 bits per heavy atom. The number of hydrogen-bond donors (Lipinski definition) is 4. The summed E-state index contributed by atoms with van der Waals surface area (Å²) in [4.78, 5) is 11.4. The van der Waals surface area contributed by atoms with E-state index in [0.29, 0.717) is 29.1 Å². The number of alkyl halides is 1. The molecule has 0 amide bonds. The van der Waals surface area contributed by atoms with Gasteiger partial charge in [0.2, 0.25) is 6.29 Å². The molecule has 2 heterocycles. The number of ether oxygens (including phenoxy) is 3. The van der Waals surface area contributed by atoms with Gasteiger partial charge in [-0.05, 0) is 67.9 Å². The van der Waals surface area contributed by atoms with Crippen LogP contribution >= 0.6 is 11.6 Å². The third-order valence-corrected chi connectivity index (χ3v) is 9.37. The number of halogens is 1. The zero-order valence-corrected chi connectivity index (χ0v) is 20.3. The molecule has 4 aliphatic carbocycles. The van der Waals surface area contributed by atoms with E-state index in [9.17, 15) is 20.4 Å². The molecule has 194 valence electrons. The Labute approximate surface area is 208 Å². The van der Waals surface area contributed by atoms with E-state index in [1.165, 1.54) is 0 Å². The number of aliphatic hydroxyl groups excluding tert-OH is 4. The van der Waals surface area contributed by atoms with Gasteiger partial charge in [0.15, 0.2) is 6.10 Å². The lowest BCUT2D eigenvalue weighted by atomic mass is 9.49. The smallest absolute Gasteiger partial charge is 0.257 e. The Morgan fingerprint density at radius 1 is 1.06 bits per heavy atom. The van der Waals surface area contributed by atoms with E-state index in [1.54, 1.807) is 25.3 Å². The van der Waals surface area contributed by atoms with Crippen LogP contribution in [-0.2, 0) is 25.0 Å². The molecule has 0 radical (unpaired) electrons. The Morgan fingerprint density at radius 2 is 1.80 bits per heavy atom. The first-order valence-electron chi connectivity index (χ1n) is 12.4. The van der Waals surface area contributed by atoms with Gasteiger partial charge >= 0.3 is 0 Å². The molecule has 2 aliphatic heterocycles. The van der Waals surface area contributed by atoms with Crippen LogP contribution in [0.25, 0.3) is 0 Å². The molecule has 2 saturated heterocycles. The lowest BCUT2D eigenvalue weighted by Gasteiger charge is -2.62. The average Bonchev–Trinajstić information content (AvgIpc) is 2.81. The van der Waals surface area contributed by atoms with Gasteiger partial charge in [-0.15, -0.1) is 11.6 Å². The van der Waals surface area contributed by atoms with Gasteiger partial charge in [0.1, 0.15) is 30.2 Å². The number of methoxy groups -OCH3 is 1. The maximum absolute atomic E-state index is 10.3. The maximum atomic E-state index is 10.3. The third kappa shape index (κ3) is 3.83. The Hall–Kier alpha value is -1.01. The first-order chi connectivity index (χ1) is 16.8. The highest BCUT2D eigenvalue weighted by Gasteiger charge is 2.65.